The van der Waals surface area contributed by atoms with E-state index in [2.05, 4.69) is 41.2 Å². The SMILES string of the molecule is COc1cc(-c2nn(CN(C)Cc3ccc(C)cc3)c(=S)o2)cc(OC)c1OC. The maximum atomic E-state index is 5.73. The van der Waals surface area contributed by atoms with Gasteiger partial charge in [0.15, 0.2) is 11.5 Å². The summed E-state index contributed by atoms with van der Waals surface area (Å²) in [5, 5.41) is 4.53. The number of hydrogen-bond donors (Lipinski definition) is 0. The maximum absolute atomic E-state index is 5.73. The largest absolute Gasteiger partial charge is 0.493 e. The Balaban J connectivity index is 1.83. The summed E-state index contributed by atoms with van der Waals surface area (Å²) in [7, 11) is 6.70. The maximum Gasteiger partial charge on any atom is 0.288 e. The molecule has 7 nitrogen and oxygen atoms in total. The van der Waals surface area contributed by atoms with Crippen molar-refractivity contribution in [2.24, 2.45) is 0 Å². The number of aromatic nitrogens is 2. The van der Waals surface area contributed by atoms with Crippen molar-refractivity contribution in [2.75, 3.05) is 28.4 Å². The molecule has 154 valence electrons. The third-order valence-electron chi connectivity index (χ3n) is 4.47. The highest BCUT2D eigenvalue weighted by Crippen LogP contribution is 2.40. The predicted octanol–water partition coefficient (Wildman–Crippen LogP) is 4.30. The van der Waals surface area contributed by atoms with E-state index in [4.69, 9.17) is 30.8 Å². The van der Waals surface area contributed by atoms with Gasteiger partial charge < -0.3 is 18.6 Å². The first-order valence-electron chi connectivity index (χ1n) is 9.07. The third-order valence-corrected chi connectivity index (χ3v) is 4.76. The summed E-state index contributed by atoms with van der Waals surface area (Å²) in [4.78, 5) is 2.41. The number of nitrogens with zero attached hydrogens (tertiary/aromatic N) is 3. The first-order valence-corrected chi connectivity index (χ1v) is 9.48. The Morgan fingerprint density at radius 3 is 2.21 bits per heavy atom. The minimum absolute atomic E-state index is 0.296. The second-order valence-electron chi connectivity index (χ2n) is 6.73. The van der Waals surface area contributed by atoms with Crippen LogP contribution in [0, 0.1) is 11.8 Å². The van der Waals surface area contributed by atoms with Crippen molar-refractivity contribution in [3.05, 3.63) is 52.4 Å². The standard InChI is InChI=1S/C21H25N3O4S/c1-14-6-8-15(9-7-14)12-23(2)13-24-21(29)28-20(22-24)16-10-17(25-3)19(27-5)18(11-16)26-4/h6-11H,12-13H2,1-5H3. The zero-order valence-corrected chi connectivity index (χ0v) is 18.1. The summed E-state index contributed by atoms with van der Waals surface area (Å²) in [5.74, 6) is 1.94. The van der Waals surface area contributed by atoms with Gasteiger partial charge in [-0.05, 0) is 43.9 Å². The molecular formula is C21H25N3O4S. The molecule has 0 saturated heterocycles. The van der Waals surface area contributed by atoms with Crippen LogP contribution in [0.1, 0.15) is 11.1 Å². The van der Waals surface area contributed by atoms with Crippen LogP contribution >= 0.6 is 12.2 Å². The topological polar surface area (TPSA) is 61.9 Å². The van der Waals surface area contributed by atoms with Crippen LogP contribution in [0.25, 0.3) is 11.5 Å². The monoisotopic (exact) mass is 415 g/mol. The molecule has 0 bridgehead atoms. The van der Waals surface area contributed by atoms with Gasteiger partial charge in [0.1, 0.15) is 0 Å². The first-order chi connectivity index (χ1) is 13.9. The van der Waals surface area contributed by atoms with E-state index >= 15 is 0 Å². The molecule has 8 heteroatoms. The first kappa shape index (κ1) is 20.9. The van der Waals surface area contributed by atoms with Crippen LogP contribution in [-0.2, 0) is 13.2 Å². The molecule has 0 aliphatic heterocycles. The van der Waals surface area contributed by atoms with Gasteiger partial charge in [-0.25, -0.2) is 4.68 Å². The highest BCUT2D eigenvalue weighted by Gasteiger charge is 2.18. The van der Waals surface area contributed by atoms with Gasteiger partial charge in [-0.3, -0.25) is 4.90 Å². The lowest BCUT2D eigenvalue weighted by Crippen LogP contribution is -2.22. The molecule has 3 aromatic rings. The molecule has 0 aliphatic rings. The number of ether oxygens (including phenoxy) is 3. The van der Waals surface area contributed by atoms with E-state index in [-0.39, 0.29) is 0 Å². The van der Waals surface area contributed by atoms with E-state index in [1.807, 2.05) is 7.05 Å². The van der Waals surface area contributed by atoms with Gasteiger partial charge in [0.2, 0.25) is 11.6 Å². The van der Waals surface area contributed by atoms with Gasteiger partial charge in [0.25, 0.3) is 4.84 Å². The normalized spacial score (nSPS) is 11.0. The zero-order chi connectivity index (χ0) is 21.0. The van der Waals surface area contributed by atoms with Gasteiger partial charge >= 0.3 is 0 Å². The Morgan fingerprint density at radius 1 is 1.03 bits per heavy atom. The number of aryl methyl sites for hydroxylation is 1. The quantitative estimate of drug-likeness (QED) is 0.509. The molecule has 0 saturated carbocycles. The fraction of sp³-hybridized carbons (Fsp3) is 0.333. The van der Waals surface area contributed by atoms with Crippen LogP contribution in [0.3, 0.4) is 0 Å². The van der Waals surface area contributed by atoms with Gasteiger partial charge in [0, 0.05) is 12.1 Å². The molecular weight excluding hydrogens is 390 g/mol. The fourth-order valence-corrected chi connectivity index (χ4v) is 3.18. The van der Waals surface area contributed by atoms with E-state index in [9.17, 15) is 0 Å². The molecule has 0 N–H and O–H groups in total. The molecule has 1 aromatic heterocycles. The Hall–Kier alpha value is -2.84. The van der Waals surface area contributed by atoms with Crippen molar-refractivity contribution >= 4 is 12.2 Å². The van der Waals surface area contributed by atoms with Crippen molar-refractivity contribution in [1.82, 2.24) is 14.7 Å². The van der Waals surface area contributed by atoms with E-state index < -0.39 is 0 Å². The molecule has 3 rings (SSSR count). The molecule has 0 radical (unpaired) electrons. The average Bonchev–Trinajstić information content (AvgIpc) is 3.08. The van der Waals surface area contributed by atoms with Crippen LogP contribution in [0.15, 0.2) is 40.8 Å². The summed E-state index contributed by atoms with van der Waals surface area (Å²) in [5.41, 5.74) is 3.15. The van der Waals surface area contributed by atoms with E-state index in [0.717, 1.165) is 6.54 Å². The Labute approximate surface area is 175 Å². The van der Waals surface area contributed by atoms with Crippen LogP contribution in [0.4, 0.5) is 0 Å². The zero-order valence-electron chi connectivity index (χ0n) is 17.3. The summed E-state index contributed by atoms with van der Waals surface area (Å²) < 4.78 is 23.5. The molecule has 0 atom stereocenters. The van der Waals surface area contributed by atoms with E-state index in [0.29, 0.717) is 40.2 Å². The van der Waals surface area contributed by atoms with Crippen molar-refractivity contribution in [1.29, 1.82) is 0 Å². The second-order valence-corrected chi connectivity index (χ2v) is 7.08. The summed E-state index contributed by atoms with van der Waals surface area (Å²) in [6.45, 7) is 3.35. The third kappa shape index (κ3) is 4.78. The molecule has 0 aliphatic carbocycles. The summed E-state index contributed by atoms with van der Waals surface area (Å²) in [6, 6.07) is 12.0. The Kier molecular flexibility index (Phi) is 6.56. The van der Waals surface area contributed by atoms with Crippen LogP contribution in [0.2, 0.25) is 0 Å². The van der Waals surface area contributed by atoms with Crippen LogP contribution in [-0.4, -0.2) is 43.1 Å². The fourth-order valence-electron chi connectivity index (χ4n) is 3.00. The smallest absolute Gasteiger partial charge is 0.288 e. The summed E-state index contributed by atoms with van der Waals surface area (Å²) >= 11 is 5.36. The van der Waals surface area contributed by atoms with E-state index in [1.54, 1.807) is 38.1 Å². The molecule has 0 spiro atoms. The summed E-state index contributed by atoms with van der Waals surface area (Å²) in [6.07, 6.45) is 0. The highest BCUT2D eigenvalue weighted by atomic mass is 32.1. The molecule has 0 fully saturated rings. The Morgan fingerprint density at radius 2 is 1.66 bits per heavy atom. The second kappa shape index (κ2) is 9.11. The van der Waals surface area contributed by atoms with Crippen molar-refractivity contribution in [3.8, 4) is 28.7 Å². The lowest BCUT2D eigenvalue weighted by Gasteiger charge is -2.16. The van der Waals surface area contributed by atoms with Gasteiger partial charge in [-0.2, -0.15) is 0 Å². The van der Waals surface area contributed by atoms with Crippen LogP contribution < -0.4 is 14.2 Å². The van der Waals surface area contributed by atoms with Gasteiger partial charge in [0.05, 0.1) is 28.0 Å². The minimum atomic E-state index is 0.296. The molecule has 0 unspecified atom stereocenters. The number of methoxy groups -OCH3 is 3. The molecule has 29 heavy (non-hydrogen) atoms. The predicted molar refractivity (Wildman–Crippen MR) is 113 cm³/mol. The molecule has 0 amide bonds. The van der Waals surface area contributed by atoms with Crippen molar-refractivity contribution in [2.45, 2.75) is 20.1 Å². The van der Waals surface area contributed by atoms with E-state index in [1.165, 1.54) is 11.1 Å². The Bertz CT molecular complexity index is 1000. The van der Waals surface area contributed by atoms with Crippen molar-refractivity contribution < 1.29 is 18.6 Å². The lowest BCUT2D eigenvalue weighted by molar-refractivity contribution is 0.240. The number of rotatable bonds is 8. The highest BCUT2D eigenvalue weighted by molar-refractivity contribution is 7.71. The lowest BCUT2D eigenvalue weighted by atomic mass is 10.1. The number of benzene rings is 2. The van der Waals surface area contributed by atoms with Gasteiger partial charge in [-0.15, -0.1) is 5.10 Å². The minimum Gasteiger partial charge on any atom is -0.493 e. The van der Waals surface area contributed by atoms with Gasteiger partial charge in [-0.1, -0.05) is 29.8 Å². The van der Waals surface area contributed by atoms with Crippen LogP contribution in [0.5, 0.6) is 17.2 Å². The molecule has 1 heterocycles. The number of hydrogen-bond acceptors (Lipinski definition) is 7. The van der Waals surface area contributed by atoms with Crippen molar-refractivity contribution in [3.63, 3.8) is 0 Å². The molecule has 2 aromatic carbocycles. The average molecular weight is 416 g/mol.